The van der Waals surface area contributed by atoms with E-state index in [1.807, 2.05) is 0 Å². The lowest BCUT2D eigenvalue weighted by Crippen LogP contribution is -2.57. The summed E-state index contributed by atoms with van der Waals surface area (Å²) < 4.78 is 35.0. The summed E-state index contributed by atoms with van der Waals surface area (Å²) in [5.41, 5.74) is 0. The summed E-state index contributed by atoms with van der Waals surface area (Å²) in [6.45, 7) is 1.12. The molecule has 0 radical (unpaired) electrons. The average Bonchev–Trinajstić information content (AvgIpc) is 3.19. The van der Waals surface area contributed by atoms with E-state index in [4.69, 9.17) is 13.8 Å². The summed E-state index contributed by atoms with van der Waals surface area (Å²) in [6.07, 6.45) is -1.21. The second kappa shape index (κ2) is 12.1. The van der Waals surface area contributed by atoms with Crippen LogP contribution in [-0.2, 0) is 28.2 Å². The highest BCUT2D eigenvalue weighted by Crippen LogP contribution is 2.45. The Balaban J connectivity index is 1.67. The van der Waals surface area contributed by atoms with E-state index in [0.29, 0.717) is 0 Å². The molecule has 0 bridgehead atoms. The number of urea groups is 1. The molecule has 14 heteroatoms. The Morgan fingerprint density at radius 3 is 2.77 bits per heavy atom. The first-order valence-electron chi connectivity index (χ1n) is 10.7. The number of benzene rings is 1. The third kappa shape index (κ3) is 7.12. The summed E-state index contributed by atoms with van der Waals surface area (Å²) >= 11 is 3.12. The molecule has 0 spiro atoms. The lowest BCUT2D eigenvalue weighted by molar-refractivity contribution is -0.142. The summed E-state index contributed by atoms with van der Waals surface area (Å²) in [7, 11) is -2.94. The minimum atomic E-state index is -4.13. The number of imide groups is 1. The number of halogens is 1. The molecular weight excluding hydrogens is 549 g/mol. The average molecular weight is 576 g/mol. The number of amides is 3. The molecule has 2 saturated heterocycles. The number of carbonyl (C=O) groups is 3. The van der Waals surface area contributed by atoms with Crippen LogP contribution in [0.5, 0.6) is 5.75 Å². The van der Waals surface area contributed by atoms with Crippen LogP contribution in [0.3, 0.4) is 0 Å². The predicted molar refractivity (Wildman–Crippen MR) is 126 cm³/mol. The van der Waals surface area contributed by atoms with Gasteiger partial charge in [-0.1, -0.05) is 40.2 Å². The molecule has 3 N–H and O–H groups in total. The molecule has 35 heavy (non-hydrogen) atoms. The molecule has 3 amide bonds. The summed E-state index contributed by atoms with van der Waals surface area (Å²) in [6, 6.07) is 6.55. The van der Waals surface area contributed by atoms with Crippen molar-refractivity contribution in [1.82, 2.24) is 15.3 Å². The maximum atomic E-state index is 13.4. The van der Waals surface area contributed by atoms with Crippen LogP contribution < -0.4 is 14.9 Å². The maximum absolute atomic E-state index is 13.4. The van der Waals surface area contributed by atoms with Crippen LogP contribution in [0, 0.1) is 5.92 Å². The van der Waals surface area contributed by atoms with Crippen LogP contribution >= 0.6 is 23.7 Å². The molecule has 0 saturated carbocycles. The fourth-order valence-corrected chi connectivity index (χ4v) is 5.41. The monoisotopic (exact) mass is 575 g/mol. The van der Waals surface area contributed by atoms with Crippen molar-refractivity contribution in [3.63, 3.8) is 0 Å². The van der Waals surface area contributed by atoms with Crippen LogP contribution in [-0.4, -0.2) is 72.7 Å². The van der Waals surface area contributed by atoms with E-state index in [9.17, 15) is 24.1 Å². The molecule has 1 aromatic rings. The number of para-hydroxylation sites is 1. The second-order valence-corrected chi connectivity index (χ2v) is 10.1. The number of ether oxygens (including phenoxy) is 2. The van der Waals surface area contributed by atoms with Crippen molar-refractivity contribution >= 4 is 41.6 Å². The van der Waals surface area contributed by atoms with Gasteiger partial charge in [0, 0.05) is 13.0 Å². The first kappa shape index (κ1) is 27.3. The number of esters is 1. The molecule has 0 aromatic heterocycles. The van der Waals surface area contributed by atoms with Crippen molar-refractivity contribution in [2.24, 2.45) is 5.92 Å². The van der Waals surface area contributed by atoms with Gasteiger partial charge in [-0.3, -0.25) is 24.3 Å². The molecule has 3 rings (SSSR count). The molecule has 1 aromatic carbocycles. The van der Waals surface area contributed by atoms with E-state index < -0.39 is 56.0 Å². The zero-order valence-corrected chi connectivity index (χ0v) is 21.5. The van der Waals surface area contributed by atoms with Crippen LogP contribution in [0.4, 0.5) is 4.79 Å². The Hall–Kier alpha value is -2.28. The van der Waals surface area contributed by atoms with E-state index in [0.717, 1.165) is 0 Å². The number of hydrogen-bond donors (Lipinski definition) is 3. The lowest BCUT2D eigenvalue weighted by Gasteiger charge is -2.34. The smallest absolute Gasteiger partial charge is 0.459 e. The van der Waals surface area contributed by atoms with Crippen molar-refractivity contribution in [3.8, 4) is 5.75 Å². The molecule has 192 valence electrons. The maximum Gasteiger partial charge on any atom is 0.459 e. The number of methoxy groups -OCH3 is 1. The van der Waals surface area contributed by atoms with Gasteiger partial charge in [-0.15, -0.1) is 0 Å². The van der Waals surface area contributed by atoms with Gasteiger partial charge in [-0.2, -0.15) is 5.09 Å². The number of aliphatic hydroxyl groups excluding tert-OH is 1. The normalized spacial score (nSPS) is 27.4. The van der Waals surface area contributed by atoms with Gasteiger partial charge in [0.05, 0.1) is 25.7 Å². The van der Waals surface area contributed by atoms with Gasteiger partial charge in [0.15, 0.2) is 0 Å². The Bertz CT molecular complexity index is 996. The lowest BCUT2D eigenvalue weighted by atomic mass is 10.1. The molecule has 2 heterocycles. The summed E-state index contributed by atoms with van der Waals surface area (Å²) in [5.74, 6) is -1.48. The third-order valence-corrected chi connectivity index (χ3v) is 7.31. The van der Waals surface area contributed by atoms with Gasteiger partial charge in [-0.25, -0.2) is 9.36 Å². The van der Waals surface area contributed by atoms with Crippen molar-refractivity contribution in [2.75, 3.05) is 20.3 Å². The molecule has 2 fully saturated rings. The van der Waals surface area contributed by atoms with Crippen molar-refractivity contribution < 1.29 is 42.6 Å². The topological polar surface area (TPSA) is 153 Å². The quantitative estimate of drug-likeness (QED) is 0.278. The van der Waals surface area contributed by atoms with Crippen molar-refractivity contribution in [3.05, 3.63) is 41.4 Å². The minimum Gasteiger partial charge on any atom is -0.468 e. The highest BCUT2D eigenvalue weighted by atomic mass is 79.9. The zero-order chi connectivity index (χ0) is 25.6. The van der Waals surface area contributed by atoms with Crippen LogP contribution in [0.25, 0.3) is 0 Å². The fourth-order valence-electron chi connectivity index (χ4n) is 3.54. The molecule has 0 aliphatic carbocycles. The zero-order valence-electron chi connectivity index (χ0n) is 19.0. The van der Waals surface area contributed by atoms with E-state index in [-0.39, 0.29) is 25.3 Å². The molecule has 2 aliphatic rings. The molecule has 2 aliphatic heterocycles. The first-order valence-corrected chi connectivity index (χ1v) is 13.2. The number of hydrogen-bond acceptors (Lipinski definition) is 9. The largest absolute Gasteiger partial charge is 0.468 e. The standard InChI is InChI=1S/C21H27BrN3O9P/c1-13(20(28)31-2)24-35(30,34-15-6-4-3-5-7-15)32-12-17-16(26)10-18(33-17)25-11-14(8-9-22)19(27)23-21(25)29/h3-9,13-14,16-18,26H,10-12H2,1-2H3,(H,24,30)(H,23,27,29)/b9-8+/t13-,14?,16-,17-,18-,35?/m0/s1. The Morgan fingerprint density at radius 1 is 1.40 bits per heavy atom. The van der Waals surface area contributed by atoms with Gasteiger partial charge < -0.3 is 19.1 Å². The number of nitrogens with one attached hydrogen (secondary N) is 2. The van der Waals surface area contributed by atoms with Gasteiger partial charge in [-0.05, 0) is 24.0 Å². The Kier molecular flexibility index (Phi) is 9.45. The van der Waals surface area contributed by atoms with Gasteiger partial charge in [0.1, 0.15) is 24.1 Å². The predicted octanol–water partition coefficient (Wildman–Crippen LogP) is 1.89. The highest BCUT2D eigenvalue weighted by Gasteiger charge is 2.44. The number of rotatable bonds is 10. The van der Waals surface area contributed by atoms with Gasteiger partial charge in [0.2, 0.25) is 5.91 Å². The fraction of sp³-hybridized carbons (Fsp3) is 0.476. The molecular formula is C21H27BrN3O9P. The first-order chi connectivity index (χ1) is 16.7. The number of carbonyl (C=O) groups excluding carboxylic acids is 3. The van der Waals surface area contributed by atoms with E-state index in [1.165, 1.54) is 23.9 Å². The molecule has 2 unspecified atom stereocenters. The van der Waals surface area contributed by atoms with Crippen LogP contribution in [0.2, 0.25) is 0 Å². The van der Waals surface area contributed by atoms with E-state index >= 15 is 0 Å². The van der Waals surface area contributed by atoms with Crippen molar-refractivity contribution in [1.29, 1.82) is 0 Å². The van der Waals surface area contributed by atoms with E-state index in [1.54, 1.807) is 36.4 Å². The highest BCUT2D eigenvalue weighted by molar-refractivity contribution is 9.11. The van der Waals surface area contributed by atoms with Gasteiger partial charge >= 0.3 is 19.7 Å². The Labute approximate surface area is 210 Å². The third-order valence-electron chi connectivity index (χ3n) is 5.36. The van der Waals surface area contributed by atoms with Crippen molar-refractivity contribution in [2.45, 2.75) is 37.8 Å². The summed E-state index contributed by atoms with van der Waals surface area (Å²) in [4.78, 5) is 39.0. The minimum absolute atomic E-state index is 0.0518. The molecule has 6 atom stereocenters. The SMILES string of the molecule is COC(=O)[C@H](C)NP(=O)(OC[C@@H]1O[C@H](N2CC(/C=C/Br)C(=O)NC2=O)C[C@@H]1O)Oc1ccccc1. The van der Waals surface area contributed by atoms with Gasteiger partial charge in [0.25, 0.3) is 0 Å². The van der Waals surface area contributed by atoms with E-state index in [2.05, 4.69) is 31.1 Å². The number of nitrogens with zero attached hydrogens (tertiary/aromatic N) is 1. The molecule has 12 nitrogen and oxygen atoms in total. The van der Waals surface area contributed by atoms with Crippen LogP contribution in [0.15, 0.2) is 41.4 Å². The summed E-state index contributed by atoms with van der Waals surface area (Å²) in [5, 5.41) is 15.3. The Morgan fingerprint density at radius 2 is 2.11 bits per heavy atom. The van der Waals surface area contributed by atoms with Crippen LogP contribution in [0.1, 0.15) is 13.3 Å². The second-order valence-electron chi connectivity index (χ2n) is 7.88. The number of aliphatic hydroxyl groups is 1.